The van der Waals surface area contributed by atoms with Crippen LogP contribution in [-0.4, -0.2) is 164 Å². The Morgan fingerprint density at radius 2 is 0.794 bits per heavy atom. The molecule has 0 aromatic rings. The van der Waals surface area contributed by atoms with Crippen LogP contribution in [0.4, 0.5) is 0 Å². The third-order valence-corrected chi connectivity index (χ3v) is 9.55. The van der Waals surface area contributed by atoms with Crippen LogP contribution >= 0.6 is 0 Å². The third-order valence-electron chi connectivity index (χ3n) is 9.55. The van der Waals surface area contributed by atoms with Gasteiger partial charge in [0.1, 0.15) is 54.4 Å². The van der Waals surface area contributed by atoms with E-state index in [0.717, 1.165) is 13.8 Å². The third kappa shape index (κ3) is 19.2. The molecule has 12 atom stereocenters. The van der Waals surface area contributed by atoms with Gasteiger partial charge in [-0.15, -0.1) is 0 Å². The van der Waals surface area contributed by atoms with Crippen LogP contribution in [0.2, 0.25) is 0 Å². The molecule has 0 aliphatic rings. The van der Waals surface area contributed by atoms with E-state index in [9.17, 15) is 73.5 Å². The molecular weight excluding hydrogens is 836 g/mol. The summed E-state index contributed by atoms with van der Waals surface area (Å²) >= 11 is 0. The topological polar surface area (TPSA) is 420 Å². The Labute approximate surface area is 365 Å². The Balaban J connectivity index is 6.12. The fourth-order valence-electron chi connectivity index (χ4n) is 5.53. The van der Waals surface area contributed by atoms with E-state index in [1.54, 1.807) is 27.7 Å². The van der Waals surface area contributed by atoms with Crippen LogP contribution in [0, 0.1) is 17.8 Å². The zero-order valence-corrected chi connectivity index (χ0v) is 37.3. The van der Waals surface area contributed by atoms with E-state index in [1.165, 1.54) is 27.7 Å². The molecule has 360 valence electrons. The first-order chi connectivity index (χ1) is 29.0. The molecule has 0 aromatic heterocycles. The highest BCUT2D eigenvalue weighted by atomic mass is 16.4. The van der Waals surface area contributed by atoms with Crippen molar-refractivity contribution in [2.24, 2.45) is 29.2 Å². The second-order valence-corrected chi connectivity index (χ2v) is 16.3. The molecule has 0 unspecified atom stereocenters. The van der Waals surface area contributed by atoms with Gasteiger partial charge in [0, 0.05) is 6.42 Å². The standard InChI is InChI=1S/C38H68N10O15/c1-14(2)25(45-33(57)24(40)18(8)50)34(58)42-21(11-12-23(39)53)31(55)44-26(15(3)4)35(59)48-29(20(10)52)37(61)43-22(13-49)32(56)47-28(19(9)51)36(60)41-17(7)30(54)46-27(16(5)6)38(62)63/h14-22,24-29,49-52H,11-13,40H2,1-10H3,(H2,39,53)(H,41,60)(H,42,58)(H,43,61)(H,44,55)(H,45,57)(H,46,54)(H,47,56)(H,48,59)(H,62,63)/t17-,18+,19+,20+,21-,22-,24-,25-,26-,27-,28-,29-/m0/s1. The molecule has 0 saturated carbocycles. The average molecular weight is 905 g/mol. The molecule has 0 saturated heterocycles. The first-order valence-electron chi connectivity index (χ1n) is 20.3. The lowest BCUT2D eigenvalue weighted by Gasteiger charge is -2.30. The molecule has 0 aromatic carbocycles. The summed E-state index contributed by atoms with van der Waals surface area (Å²) in [7, 11) is 0. The maximum atomic E-state index is 13.6. The lowest BCUT2D eigenvalue weighted by molar-refractivity contribution is -0.143. The minimum atomic E-state index is -1.86. The van der Waals surface area contributed by atoms with Gasteiger partial charge in [0.25, 0.3) is 0 Å². The van der Waals surface area contributed by atoms with E-state index in [4.69, 9.17) is 11.5 Å². The summed E-state index contributed by atoms with van der Waals surface area (Å²) in [5.74, 6) is -12.2. The van der Waals surface area contributed by atoms with Crippen LogP contribution < -0.4 is 54.0 Å². The van der Waals surface area contributed by atoms with E-state index in [2.05, 4.69) is 42.5 Å². The van der Waals surface area contributed by atoms with E-state index in [0.29, 0.717) is 0 Å². The molecule has 9 amide bonds. The van der Waals surface area contributed by atoms with Gasteiger partial charge in [-0.3, -0.25) is 43.2 Å². The minimum Gasteiger partial charge on any atom is -0.480 e. The number of carboxylic acids is 1. The number of nitrogens with two attached hydrogens (primary N) is 2. The highest BCUT2D eigenvalue weighted by Crippen LogP contribution is 2.10. The van der Waals surface area contributed by atoms with Crippen molar-refractivity contribution in [2.75, 3.05) is 6.61 Å². The molecule has 0 rings (SSSR count). The summed E-state index contributed by atoms with van der Waals surface area (Å²) in [6.45, 7) is 12.8. The number of hydrogen-bond acceptors (Lipinski definition) is 15. The van der Waals surface area contributed by atoms with E-state index in [-0.39, 0.29) is 6.42 Å². The first kappa shape index (κ1) is 57.5. The molecule has 0 aliphatic carbocycles. The van der Waals surface area contributed by atoms with Crippen molar-refractivity contribution in [1.82, 2.24) is 42.5 Å². The predicted molar refractivity (Wildman–Crippen MR) is 222 cm³/mol. The van der Waals surface area contributed by atoms with Crippen LogP contribution in [0.3, 0.4) is 0 Å². The molecule has 0 aliphatic heterocycles. The molecule has 25 nitrogen and oxygen atoms in total. The zero-order valence-electron chi connectivity index (χ0n) is 37.3. The highest BCUT2D eigenvalue weighted by molar-refractivity contribution is 5.98. The number of aliphatic carboxylic acids is 1. The summed E-state index contributed by atoms with van der Waals surface area (Å²) in [4.78, 5) is 128. The molecule has 0 bridgehead atoms. The van der Waals surface area contributed by atoms with Crippen LogP contribution in [0.1, 0.15) is 82.1 Å². The number of primary amides is 1. The number of carbonyl (C=O) groups is 10. The van der Waals surface area contributed by atoms with Gasteiger partial charge in [-0.1, -0.05) is 41.5 Å². The number of aliphatic hydroxyl groups excluding tert-OH is 4. The number of rotatable bonds is 27. The van der Waals surface area contributed by atoms with Gasteiger partial charge in [0.15, 0.2) is 0 Å². The molecule has 63 heavy (non-hydrogen) atoms. The number of hydrogen-bond donors (Lipinski definition) is 15. The summed E-state index contributed by atoms with van der Waals surface area (Å²) in [6.07, 6.45) is -5.31. The summed E-state index contributed by atoms with van der Waals surface area (Å²) in [6, 6.07) is -13.8. The zero-order chi connectivity index (χ0) is 49.2. The minimum absolute atomic E-state index is 0.355. The molecule has 17 N–H and O–H groups in total. The van der Waals surface area contributed by atoms with Crippen LogP contribution in [0.25, 0.3) is 0 Å². The Kier molecular flexibility index (Phi) is 24.5. The predicted octanol–water partition coefficient (Wildman–Crippen LogP) is -6.34. The van der Waals surface area contributed by atoms with Crippen molar-refractivity contribution in [2.45, 2.75) is 155 Å². The van der Waals surface area contributed by atoms with Crippen molar-refractivity contribution in [3.8, 4) is 0 Å². The fourth-order valence-corrected chi connectivity index (χ4v) is 5.53. The molecule has 0 heterocycles. The highest BCUT2D eigenvalue weighted by Gasteiger charge is 2.37. The fraction of sp³-hybridized carbons (Fsp3) is 0.737. The van der Waals surface area contributed by atoms with Gasteiger partial charge in [0.05, 0.1) is 24.9 Å². The lowest BCUT2D eigenvalue weighted by atomic mass is 9.99. The van der Waals surface area contributed by atoms with E-state index < -0.39 is 163 Å². The monoisotopic (exact) mass is 904 g/mol. The molecule has 0 radical (unpaired) electrons. The van der Waals surface area contributed by atoms with E-state index >= 15 is 0 Å². The lowest BCUT2D eigenvalue weighted by Crippen LogP contribution is -2.63. The van der Waals surface area contributed by atoms with Crippen molar-refractivity contribution >= 4 is 59.1 Å². The Hall–Kier alpha value is -5.50. The number of aliphatic hydroxyl groups is 4. The molecule has 25 heteroatoms. The normalized spacial score (nSPS) is 17.1. The number of carbonyl (C=O) groups excluding carboxylic acids is 9. The number of nitrogens with one attached hydrogen (secondary N) is 8. The summed E-state index contributed by atoms with van der Waals surface area (Å²) in [5.41, 5.74) is 11.0. The van der Waals surface area contributed by atoms with Gasteiger partial charge in [-0.05, 0) is 51.9 Å². The second kappa shape index (κ2) is 26.9. The van der Waals surface area contributed by atoms with E-state index in [1.807, 2.05) is 0 Å². The van der Waals surface area contributed by atoms with Gasteiger partial charge in [-0.25, -0.2) is 4.79 Å². The van der Waals surface area contributed by atoms with Gasteiger partial charge in [-0.2, -0.15) is 0 Å². The first-order valence-corrected chi connectivity index (χ1v) is 20.3. The largest absolute Gasteiger partial charge is 0.480 e. The van der Waals surface area contributed by atoms with Crippen LogP contribution in [-0.2, 0) is 47.9 Å². The molecular formula is C38H68N10O15. The molecule has 0 spiro atoms. The van der Waals surface area contributed by atoms with Crippen molar-refractivity contribution in [1.29, 1.82) is 0 Å². The summed E-state index contributed by atoms with van der Waals surface area (Å²) in [5, 5.41) is 68.2. The Bertz CT molecular complexity index is 1620. The molecule has 0 fully saturated rings. The Morgan fingerprint density at radius 3 is 1.19 bits per heavy atom. The SMILES string of the molecule is CC(C)[C@H](NC(=O)[C@H](C)NC(=O)[C@@H](NC(=O)[C@H](CO)NC(=O)[C@@H](NC(=O)[C@@H](NC(=O)[C@H](CCC(N)=O)NC(=O)[C@@H](NC(=O)[C@@H](N)[C@@H](C)O)C(C)C)C(C)C)[C@@H](C)O)[C@@H](C)O)C(=O)O. The average Bonchev–Trinajstić information content (AvgIpc) is 3.17. The second-order valence-electron chi connectivity index (χ2n) is 16.3. The van der Waals surface area contributed by atoms with Crippen molar-refractivity contribution in [3.05, 3.63) is 0 Å². The van der Waals surface area contributed by atoms with Gasteiger partial charge in [0.2, 0.25) is 53.2 Å². The quantitative estimate of drug-likeness (QED) is 0.0365. The van der Waals surface area contributed by atoms with Crippen LogP contribution in [0.5, 0.6) is 0 Å². The van der Waals surface area contributed by atoms with Gasteiger partial charge < -0.3 is 79.5 Å². The maximum Gasteiger partial charge on any atom is 0.326 e. The summed E-state index contributed by atoms with van der Waals surface area (Å²) < 4.78 is 0. The van der Waals surface area contributed by atoms with Crippen molar-refractivity contribution < 1.29 is 73.5 Å². The smallest absolute Gasteiger partial charge is 0.326 e. The van der Waals surface area contributed by atoms with Crippen LogP contribution in [0.15, 0.2) is 0 Å². The van der Waals surface area contributed by atoms with Crippen molar-refractivity contribution in [3.63, 3.8) is 0 Å². The number of amides is 9. The Morgan fingerprint density at radius 1 is 0.444 bits per heavy atom. The number of carboxylic acid groups (broad SMARTS) is 1. The van der Waals surface area contributed by atoms with Gasteiger partial charge >= 0.3 is 5.97 Å². The maximum absolute atomic E-state index is 13.6.